The number of alkyl halides is 3. The molecule has 0 radical (unpaired) electrons. The average molecular weight is 280 g/mol. The highest BCUT2D eigenvalue weighted by Gasteiger charge is 2.28. The predicted molar refractivity (Wildman–Crippen MR) is 56.3 cm³/mol. The summed E-state index contributed by atoms with van der Waals surface area (Å²) in [7, 11) is 1.39. The fourth-order valence-corrected chi connectivity index (χ4v) is 1.00. The van der Waals surface area contributed by atoms with Gasteiger partial charge in [-0.3, -0.25) is 14.5 Å². The topological polar surface area (TPSA) is 109 Å². The Morgan fingerprint density at radius 2 is 2.32 bits per heavy atom. The van der Waals surface area contributed by atoms with Gasteiger partial charge in [0.25, 0.3) is 5.91 Å². The van der Waals surface area contributed by atoms with Gasteiger partial charge in [0.2, 0.25) is 0 Å². The van der Waals surface area contributed by atoms with Crippen molar-refractivity contribution in [3.8, 4) is 0 Å². The highest BCUT2D eigenvalue weighted by atomic mass is 19.4. The van der Waals surface area contributed by atoms with Crippen molar-refractivity contribution >= 4 is 11.7 Å². The lowest BCUT2D eigenvalue weighted by molar-refractivity contribution is -0.324. The quantitative estimate of drug-likeness (QED) is 0.597. The van der Waals surface area contributed by atoms with E-state index < -0.39 is 18.9 Å². The highest BCUT2D eigenvalue weighted by molar-refractivity contribution is 5.94. The van der Waals surface area contributed by atoms with Crippen LogP contribution in [0.2, 0.25) is 0 Å². The second kappa shape index (κ2) is 6.13. The number of nitrogens with two attached hydrogens (primary N) is 1. The number of amides is 1. The number of aromatic amines is 1. The molecular weight excluding hydrogens is 269 g/mol. The molecule has 3 N–H and O–H groups in total. The van der Waals surface area contributed by atoms with E-state index in [0.29, 0.717) is 0 Å². The van der Waals surface area contributed by atoms with Crippen LogP contribution in [0.3, 0.4) is 0 Å². The molecule has 19 heavy (non-hydrogen) atoms. The molecule has 1 amide bonds. The molecule has 1 rings (SSSR count). The molecule has 0 aromatic carbocycles. The third-order valence-corrected chi connectivity index (χ3v) is 1.83. The number of nitrogens with zero attached hydrogens (tertiary/aromatic N) is 4. The Morgan fingerprint density at radius 3 is 2.89 bits per heavy atom. The second-order valence-corrected chi connectivity index (χ2v) is 3.33. The lowest BCUT2D eigenvalue weighted by Crippen LogP contribution is -2.22. The van der Waals surface area contributed by atoms with Crippen LogP contribution < -0.4 is 5.73 Å². The van der Waals surface area contributed by atoms with Gasteiger partial charge in [-0.1, -0.05) is 5.22 Å². The van der Waals surface area contributed by atoms with Gasteiger partial charge in [-0.25, -0.2) is 4.98 Å². The normalized spacial score (nSPS) is 12.0. The lowest BCUT2D eigenvalue weighted by Gasteiger charge is -2.12. The molecule has 0 aliphatic carbocycles. The Morgan fingerprint density at radius 1 is 1.63 bits per heavy atom. The van der Waals surface area contributed by atoms with Crippen LogP contribution in [0, 0.1) is 0 Å². The third kappa shape index (κ3) is 5.33. The summed E-state index contributed by atoms with van der Waals surface area (Å²) in [4.78, 5) is 17.0. The van der Waals surface area contributed by atoms with Crippen LogP contribution in [-0.2, 0) is 4.74 Å². The molecule has 0 fully saturated rings. The number of halogens is 3. The van der Waals surface area contributed by atoms with Gasteiger partial charge in [0.05, 0.1) is 19.5 Å². The van der Waals surface area contributed by atoms with Crippen molar-refractivity contribution < 1.29 is 22.7 Å². The lowest BCUT2D eigenvalue weighted by atomic mass is 10.4. The van der Waals surface area contributed by atoms with Crippen molar-refractivity contribution in [3.05, 3.63) is 12.0 Å². The van der Waals surface area contributed by atoms with Crippen molar-refractivity contribution in [3.63, 3.8) is 0 Å². The zero-order valence-electron chi connectivity index (χ0n) is 9.81. The largest absolute Gasteiger partial charge is 0.522 e. The first-order valence-corrected chi connectivity index (χ1v) is 4.96. The van der Waals surface area contributed by atoms with Crippen LogP contribution in [-0.4, -0.2) is 47.4 Å². The minimum Gasteiger partial charge on any atom is -0.364 e. The van der Waals surface area contributed by atoms with E-state index in [4.69, 9.17) is 5.73 Å². The van der Waals surface area contributed by atoms with Crippen LogP contribution in [0.1, 0.15) is 10.5 Å². The summed E-state index contributed by atoms with van der Waals surface area (Å²) < 4.78 is 38.7. The molecule has 1 aromatic rings. The van der Waals surface area contributed by atoms with E-state index >= 15 is 0 Å². The van der Waals surface area contributed by atoms with Crippen LogP contribution in [0.4, 0.5) is 19.0 Å². The molecule has 106 valence electrons. The van der Waals surface area contributed by atoms with E-state index in [1.807, 2.05) is 0 Å². The van der Waals surface area contributed by atoms with Gasteiger partial charge < -0.3 is 10.7 Å². The average Bonchev–Trinajstić information content (AvgIpc) is 2.72. The predicted octanol–water partition coefficient (Wildman–Crippen LogP) is 0.975. The molecule has 0 bridgehead atoms. The number of imidazole rings is 1. The Labute approximate surface area is 105 Å². The van der Waals surface area contributed by atoms with Crippen LogP contribution in [0.25, 0.3) is 0 Å². The maximum absolute atomic E-state index is 11.7. The molecule has 0 aliphatic heterocycles. The summed E-state index contributed by atoms with van der Waals surface area (Å²) in [5.74, 6) is -0.769. The standard InChI is InChI=1S/C8H11F3N6O2/c1-17(2-3-19-8(9,10)11)16-15-7-5(6(12)18)13-4-14-7/h4H,2-3H2,1H3,(H2,12,18)(H,13,14)/b16-15+. The number of ether oxygens (including phenoxy) is 1. The number of hydrogen-bond acceptors (Lipinski definition) is 5. The number of rotatable bonds is 6. The molecule has 0 unspecified atom stereocenters. The van der Waals surface area contributed by atoms with E-state index in [1.165, 1.54) is 13.4 Å². The van der Waals surface area contributed by atoms with Gasteiger partial charge in [0.1, 0.15) is 0 Å². The summed E-state index contributed by atoms with van der Waals surface area (Å²) in [5.41, 5.74) is 4.90. The number of carbonyl (C=O) groups is 1. The molecule has 0 spiro atoms. The molecule has 0 atom stereocenters. The molecule has 0 aliphatic rings. The summed E-state index contributed by atoms with van der Waals surface area (Å²) in [6.07, 6.45) is -3.48. The number of hydrogen-bond donors (Lipinski definition) is 2. The number of carbonyl (C=O) groups excluding carboxylic acids is 1. The minimum atomic E-state index is -4.68. The Kier molecular flexibility index (Phi) is 4.80. The Balaban J connectivity index is 2.47. The Hall–Kier alpha value is -2.17. The van der Waals surface area contributed by atoms with E-state index in [-0.39, 0.29) is 18.1 Å². The first-order chi connectivity index (χ1) is 8.79. The summed E-state index contributed by atoms with van der Waals surface area (Å²) >= 11 is 0. The first-order valence-electron chi connectivity index (χ1n) is 4.96. The number of likely N-dealkylation sites (N-methyl/N-ethyl adjacent to an activating group) is 1. The first kappa shape index (κ1) is 14.9. The smallest absolute Gasteiger partial charge is 0.364 e. The van der Waals surface area contributed by atoms with Crippen molar-refractivity contribution in [1.29, 1.82) is 0 Å². The summed E-state index contributed by atoms with van der Waals surface area (Å²) in [6, 6.07) is 0. The highest BCUT2D eigenvalue weighted by Crippen LogP contribution is 2.16. The summed E-state index contributed by atoms with van der Waals surface area (Å²) in [6.45, 7) is -0.728. The third-order valence-electron chi connectivity index (χ3n) is 1.83. The van der Waals surface area contributed by atoms with Gasteiger partial charge in [0.15, 0.2) is 11.5 Å². The number of H-pyrrole nitrogens is 1. The molecule has 1 aromatic heterocycles. The maximum Gasteiger partial charge on any atom is 0.522 e. The second-order valence-electron chi connectivity index (χ2n) is 3.33. The zero-order valence-corrected chi connectivity index (χ0v) is 9.81. The van der Waals surface area contributed by atoms with Crippen LogP contribution >= 0.6 is 0 Å². The monoisotopic (exact) mass is 280 g/mol. The SMILES string of the molecule is CN(CCOC(F)(F)F)/N=N/c1[nH]cnc1C(N)=O. The van der Waals surface area contributed by atoms with Crippen LogP contribution in [0.15, 0.2) is 16.7 Å². The maximum atomic E-state index is 11.7. The van der Waals surface area contributed by atoms with Crippen molar-refractivity contribution in [2.24, 2.45) is 16.1 Å². The Bertz CT molecular complexity index is 458. The number of primary amides is 1. The fourth-order valence-electron chi connectivity index (χ4n) is 1.00. The van der Waals surface area contributed by atoms with Gasteiger partial charge in [-0.2, -0.15) is 0 Å². The van der Waals surface area contributed by atoms with Crippen LogP contribution in [0.5, 0.6) is 0 Å². The molecule has 0 saturated heterocycles. The minimum absolute atomic E-state index is 0.0242. The number of aromatic nitrogens is 2. The van der Waals surface area contributed by atoms with E-state index in [1.54, 1.807) is 0 Å². The van der Waals surface area contributed by atoms with E-state index in [2.05, 4.69) is 25.0 Å². The molecule has 11 heteroatoms. The van der Waals surface area contributed by atoms with Gasteiger partial charge in [-0.05, 0) is 0 Å². The fraction of sp³-hybridized carbons (Fsp3) is 0.500. The molecular formula is C8H11F3N6O2. The van der Waals surface area contributed by atoms with Crippen molar-refractivity contribution in [1.82, 2.24) is 15.0 Å². The van der Waals surface area contributed by atoms with Crippen molar-refractivity contribution in [2.75, 3.05) is 20.2 Å². The van der Waals surface area contributed by atoms with Gasteiger partial charge in [0, 0.05) is 7.05 Å². The molecule has 0 saturated carbocycles. The number of nitrogens with one attached hydrogen (secondary N) is 1. The van der Waals surface area contributed by atoms with Gasteiger partial charge >= 0.3 is 6.36 Å². The van der Waals surface area contributed by atoms with E-state index in [9.17, 15) is 18.0 Å². The van der Waals surface area contributed by atoms with Crippen molar-refractivity contribution in [2.45, 2.75) is 6.36 Å². The van der Waals surface area contributed by atoms with Gasteiger partial charge in [-0.15, -0.1) is 18.3 Å². The summed E-state index contributed by atoms with van der Waals surface area (Å²) in [5, 5.41) is 8.27. The van der Waals surface area contributed by atoms with E-state index in [0.717, 1.165) is 5.01 Å². The molecule has 8 nitrogen and oxygen atoms in total. The zero-order chi connectivity index (χ0) is 14.5. The molecule has 1 heterocycles.